The summed E-state index contributed by atoms with van der Waals surface area (Å²) in [4.78, 5) is 20.1. The van der Waals surface area contributed by atoms with Crippen molar-refractivity contribution in [2.24, 2.45) is 0 Å². The molecule has 0 atom stereocenters. The number of amides is 1. The predicted molar refractivity (Wildman–Crippen MR) is 90.1 cm³/mol. The standard InChI is InChI=1S/C18H13F3N4O/c19-12-5-2-1-4-11(12)10-23-18-22-9-8-15(24-18)17(26)25-16-13(20)6-3-7-14(16)21/h1-9H,10H2,(H,25,26)(H,22,23,24). The van der Waals surface area contributed by atoms with Gasteiger partial charge in [0.25, 0.3) is 5.91 Å². The molecule has 0 unspecified atom stereocenters. The summed E-state index contributed by atoms with van der Waals surface area (Å²) in [7, 11) is 0. The quantitative estimate of drug-likeness (QED) is 0.729. The summed E-state index contributed by atoms with van der Waals surface area (Å²) in [5.74, 6) is -2.90. The molecule has 2 aromatic carbocycles. The molecule has 2 N–H and O–H groups in total. The third-order valence-corrected chi connectivity index (χ3v) is 3.48. The number of halogens is 3. The van der Waals surface area contributed by atoms with Gasteiger partial charge in [0.2, 0.25) is 5.95 Å². The van der Waals surface area contributed by atoms with Crippen LogP contribution in [-0.4, -0.2) is 15.9 Å². The number of hydrogen-bond donors (Lipinski definition) is 2. The summed E-state index contributed by atoms with van der Waals surface area (Å²) in [6.45, 7) is 0.111. The van der Waals surface area contributed by atoms with E-state index in [9.17, 15) is 18.0 Å². The highest BCUT2D eigenvalue weighted by Gasteiger charge is 2.15. The van der Waals surface area contributed by atoms with Gasteiger partial charge in [0.05, 0.1) is 0 Å². The van der Waals surface area contributed by atoms with Crippen molar-refractivity contribution in [3.63, 3.8) is 0 Å². The topological polar surface area (TPSA) is 66.9 Å². The maximum absolute atomic E-state index is 13.6. The first kappa shape index (κ1) is 17.4. The summed E-state index contributed by atoms with van der Waals surface area (Å²) >= 11 is 0. The fourth-order valence-corrected chi connectivity index (χ4v) is 2.18. The zero-order valence-corrected chi connectivity index (χ0v) is 13.3. The Labute approximate surface area is 146 Å². The Balaban J connectivity index is 1.72. The molecule has 1 heterocycles. The molecule has 26 heavy (non-hydrogen) atoms. The highest BCUT2D eigenvalue weighted by atomic mass is 19.1. The molecule has 0 radical (unpaired) electrons. The largest absolute Gasteiger partial charge is 0.350 e. The number of rotatable bonds is 5. The van der Waals surface area contributed by atoms with Gasteiger partial charge in [-0.05, 0) is 24.3 Å². The van der Waals surface area contributed by atoms with Crippen molar-refractivity contribution in [2.45, 2.75) is 6.54 Å². The lowest BCUT2D eigenvalue weighted by Gasteiger charge is -2.09. The first-order valence-electron chi connectivity index (χ1n) is 7.60. The van der Waals surface area contributed by atoms with Crippen molar-refractivity contribution >= 4 is 17.5 Å². The first-order valence-corrected chi connectivity index (χ1v) is 7.60. The van der Waals surface area contributed by atoms with Gasteiger partial charge >= 0.3 is 0 Å². The van der Waals surface area contributed by atoms with E-state index in [1.165, 1.54) is 24.4 Å². The van der Waals surface area contributed by atoms with Crippen LogP contribution in [0.4, 0.5) is 24.8 Å². The van der Waals surface area contributed by atoms with Crippen LogP contribution in [0.5, 0.6) is 0 Å². The van der Waals surface area contributed by atoms with Crippen LogP contribution in [0.15, 0.2) is 54.7 Å². The van der Waals surface area contributed by atoms with Gasteiger partial charge in [0.1, 0.15) is 28.8 Å². The number of benzene rings is 2. The lowest BCUT2D eigenvalue weighted by Crippen LogP contribution is -2.17. The molecule has 0 fully saturated rings. The minimum absolute atomic E-state index is 0.0786. The number of nitrogens with one attached hydrogen (secondary N) is 2. The molecule has 0 aliphatic carbocycles. The minimum atomic E-state index is -0.898. The van der Waals surface area contributed by atoms with Gasteiger partial charge < -0.3 is 10.6 Å². The maximum atomic E-state index is 13.6. The second kappa shape index (κ2) is 7.64. The van der Waals surface area contributed by atoms with Crippen molar-refractivity contribution in [3.8, 4) is 0 Å². The molecule has 0 aliphatic heterocycles. The fourth-order valence-electron chi connectivity index (χ4n) is 2.18. The van der Waals surface area contributed by atoms with Gasteiger partial charge in [-0.15, -0.1) is 0 Å². The van der Waals surface area contributed by atoms with Gasteiger partial charge in [-0.25, -0.2) is 23.1 Å². The number of para-hydroxylation sites is 1. The van der Waals surface area contributed by atoms with E-state index >= 15 is 0 Å². The summed E-state index contributed by atoms with van der Waals surface area (Å²) in [6.07, 6.45) is 1.31. The van der Waals surface area contributed by atoms with Gasteiger partial charge in [-0.2, -0.15) is 0 Å². The molecule has 0 saturated heterocycles. The molecule has 3 aromatic rings. The minimum Gasteiger partial charge on any atom is -0.350 e. The third kappa shape index (κ3) is 3.97. The lowest BCUT2D eigenvalue weighted by atomic mass is 10.2. The van der Waals surface area contributed by atoms with Crippen LogP contribution in [0.25, 0.3) is 0 Å². The van der Waals surface area contributed by atoms with Crippen molar-refractivity contribution in [3.05, 3.63) is 83.4 Å². The zero-order chi connectivity index (χ0) is 18.5. The summed E-state index contributed by atoms with van der Waals surface area (Å²) in [5.41, 5.74) is -0.255. The first-order chi connectivity index (χ1) is 12.5. The highest BCUT2D eigenvalue weighted by molar-refractivity contribution is 6.03. The van der Waals surface area contributed by atoms with E-state index in [4.69, 9.17) is 0 Å². The smallest absolute Gasteiger partial charge is 0.274 e. The molecule has 5 nitrogen and oxygen atoms in total. The molecule has 0 spiro atoms. The van der Waals surface area contributed by atoms with Crippen LogP contribution < -0.4 is 10.6 Å². The third-order valence-electron chi connectivity index (χ3n) is 3.48. The molecule has 0 bridgehead atoms. The van der Waals surface area contributed by atoms with E-state index in [1.54, 1.807) is 18.2 Å². The number of hydrogen-bond acceptors (Lipinski definition) is 4. The van der Waals surface area contributed by atoms with Gasteiger partial charge in [0.15, 0.2) is 0 Å². The molecule has 1 aromatic heterocycles. The number of anilines is 2. The Hall–Kier alpha value is -3.42. The van der Waals surface area contributed by atoms with Crippen molar-refractivity contribution < 1.29 is 18.0 Å². The van der Waals surface area contributed by atoms with Crippen LogP contribution >= 0.6 is 0 Å². The molecule has 132 valence electrons. The Kier molecular flexibility index (Phi) is 5.12. The van der Waals surface area contributed by atoms with E-state index in [0.717, 1.165) is 12.1 Å². The number of nitrogens with zero attached hydrogens (tertiary/aromatic N) is 2. The average molecular weight is 358 g/mol. The van der Waals surface area contributed by atoms with Gasteiger partial charge in [-0.1, -0.05) is 24.3 Å². The van der Waals surface area contributed by atoms with Crippen molar-refractivity contribution in [2.75, 3.05) is 10.6 Å². The van der Waals surface area contributed by atoms with Crippen LogP contribution in [0.1, 0.15) is 16.1 Å². The average Bonchev–Trinajstić information content (AvgIpc) is 2.64. The van der Waals surface area contributed by atoms with Crippen molar-refractivity contribution in [1.29, 1.82) is 0 Å². The van der Waals surface area contributed by atoms with E-state index in [2.05, 4.69) is 20.6 Å². The van der Waals surface area contributed by atoms with Crippen LogP contribution in [0.2, 0.25) is 0 Å². The van der Waals surface area contributed by atoms with E-state index in [0.29, 0.717) is 5.56 Å². The normalized spacial score (nSPS) is 10.4. The second-order valence-corrected chi connectivity index (χ2v) is 5.26. The number of carbonyl (C=O) groups is 1. The van der Waals surface area contributed by atoms with E-state index in [-0.39, 0.29) is 24.0 Å². The second-order valence-electron chi connectivity index (χ2n) is 5.26. The molecule has 1 amide bonds. The summed E-state index contributed by atoms with van der Waals surface area (Å²) in [5, 5.41) is 4.93. The van der Waals surface area contributed by atoms with E-state index < -0.39 is 23.2 Å². The Morgan fingerprint density at radius 1 is 0.923 bits per heavy atom. The van der Waals surface area contributed by atoms with Crippen LogP contribution in [0.3, 0.4) is 0 Å². The van der Waals surface area contributed by atoms with Crippen LogP contribution in [-0.2, 0) is 6.54 Å². The summed E-state index contributed by atoms with van der Waals surface area (Å²) < 4.78 is 40.8. The molecule has 8 heteroatoms. The SMILES string of the molecule is O=C(Nc1c(F)cccc1F)c1ccnc(NCc2ccccc2F)n1. The molecule has 3 rings (SSSR count). The Morgan fingerprint density at radius 3 is 2.35 bits per heavy atom. The maximum Gasteiger partial charge on any atom is 0.274 e. The molecular formula is C18H13F3N4O. The van der Waals surface area contributed by atoms with Gasteiger partial charge in [0, 0.05) is 18.3 Å². The highest BCUT2D eigenvalue weighted by Crippen LogP contribution is 2.19. The molecular weight excluding hydrogens is 345 g/mol. The number of carbonyl (C=O) groups excluding carboxylic acids is 1. The Bertz CT molecular complexity index is 929. The zero-order valence-electron chi connectivity index (χ0n) is 13.3. The molecule has 0 aliphatic rings. The predicted octanol–water partition coefficient (Wildman–Crippen LogP) is 3.76. The molecule has 0 saturated carbocycles. The van der Waals surface area contributed by atoms with Gasteiger partial charge in [-0.3, -0.25) is 4.79 Å². The number of aromatic nitrogens is 2. The monoisotopic (exact) mass is 358 g/mol. The Morgan fingerprint density at radius 2 is 1.62 bits per heavy atom. The summed E-state index contributed by atoms with van der Waals surface area (Å²) in [6, 6.07) is 10.7. The van der Waals surface area contributed by atoms with E-state index in [1.807, 2.05) is 0 Å². The lowest BCUT2D eigenvalue weighted by molar-refractivity contribution is 0.102. The fraction of sp³-hybridized carbons (Fsp3) is 0.0556. The van der Waals surface area contributed by atoms with Crippen molar-refractivity contribution in [1.82, 2.24) is 9.97 Å². The van der Waals surface area contributed by atoms with Crippen LogP contribution in [0, 0.1) is 17.5 Å².